The summed E-state index contributed by atoms with van der Waals surface area (Å²) in [5.74, 6) is 0.638. The van der Waals surface area contributed by atoms with E-state index in [0.29, 0.717) is 12.3 Å². The molecule has 1 aliphatic rings. The van der Waals surface area contributed by atoms with E-state index in [2.05, 4.69) is 0 Å². The van der Waals surface area contributed by atoms with Crippen LogP contribution < -0.4 is 5.73 Å². The highest BCUT2D eigenvalue weighted by Gasteiger charge is 2.18. The molecule has 1 atom stereocenters. The Hall–Kier alpha value is -0.110. The lowest BCUT2D eigenvalue weighted by Gasteiger charge is -2.10. The van der Waals surface area contributed by atoms with Gasteiger partial charge in [-0.1, -0.05) is 25.7 Å². The fourth-order valence-electron chi connectivity index (χ4n) is 1.70. The fourth-order valence-corrected chi connectivity index (χ4v) is 1.70. The summed E-state index contributed by atoms with van der Waals surface area (Å²) < 4.78 is 12.7. The van der Waals surface area contributed by atoms with Gasteiger partial charge in [-0.25, -0.2) is 4.39 Å². The van der Waals surface area contributed by atoms with E-state index >= 15 is 0 Å². The van der Waals surface area contributed by atoms with Crippen molar-refractivity contribution in [2.24, 2.45) is 11.7 Å². The summed E-state index contributed by atoms with van der Waals surface area (Å²) in [7, 11) is 0. The van der Waals surface area contributed by atoms with E-state index in [1.54, 1.807) is 0 Å². The zero-order valence-corrected chi connectivity index (χ0v) is 6.35. The summed E-state index contributed by atoms with van der Waals surface area (Å²) in [6, 6.07) is 0. The highest BCUT2D eigenvalue weighted by molar-refractivity contribution is 4.71. The van der Waals surface area contributed by atoms with Crippen molar-refractivity contribution in [2.75, 3.05) is 6.54 Å². The summed E-state index contributed by atoms with van der Waals surface area (Å²) in [6.07, 6.45) is 4.99. The van der Waals surface area contributed by atoms with E-state index < -0.39 is 6.17 Å². The molecule has 0 radical (unpaired) electrons. The Labute approximate surface area is 61.8 Å². The Morgan fingerprint density at radius 3 is 2.50 bits per heavy atom. The molecule has 0 bridgehead atoms. The van der Waals surface area contributed by atoms with Crippen LogP contribution in [-0.4, -0.2) is 12.7 Å². The van der Waals surface area contributed by atoms with Crippen LogP contribution in [0.2, 0.25) is 0 Å². The molecule has 1 fully saturated rings. The second kappa shape index (κ2) is 3.91. The Kier molecular flexibility index (Phi) is 3.13. The van der Waals surface area contributed by atoms with E-state index in [4.69, 9.17) is 5.73 Å². The van der Waals surface area contributed by atoms with Crippen LogP contribution in [0.4, 0.5) is 4.39 Å². The van der Waals surface area contributed by atoms with Crippen molar-refractivity contribution in [3.63, 3.8) is 0 Å². The second-order valence-electron chi connectivity index (χ2n) is 3.22. The molecule has 2 heteroatoms. The number of hydrogen-bond acceptors (Lipinski definition) is 1. The second-order valence-corrected chi connectivity index (χ2v) is 3.22. The molecule has 1 unspecified atom stereocenters. The van der Waals surface area contributed by atoms with Crippen molar-refractivity contribution in [3.05, 3.63) is 0 Å². The van der Waals surface area contributed by atoms with Crippen molar-refractivity contribution < 1.29 is 4.39 Å². The molecule has 0 spiro atoms. The van der Waals surface area contributed by atoms with Gasteiger partial charge in [0, 0.05) is 6.54 Å². The standard InChI is InChI=1S/C8H16FN/c9-8(6-10)5-7-3-1-2-4-7/h7-8H,1-6,10H2. The van der Waals surface area contributed by atoms with Crippen LogP contribution >= 0.6 is 0 Å². The topological polar surface area (TPSA) is 26.0 Å². The third kappa shape index (κ3) is 2.25. The van der Waals surface area contributed by atoms with E-state index in [-0.39, 0.29) is 6.54 Å². The summed E-state index contributed by atoms with van der Waals surface area (Å²) in [4.78, 5) is 0. The monoisotopic (exact) mass is 145 g/mol. The van der Waals surface area contributed by atoms with Crippen LogP contribution in [0.15, 0.2) is 0 Å². The summed E-state index contributed by atoms with van der Waals surface area (Å²) >= 11 is 0. The van der Waals surface area contributed by atoms with Crippen LogP contribution in [0.1, 0.15) is 32.1 Å². The molecular weight excluding hydrogens is 129 g/mol. The van der Waals surface area contributed by atoms with Gasteiger partial charge in [-0.15, -0.1) is 0 Å². The van der Waals surface area contributed by atoms with Gasteiger partial charge in [0.25, 0.3) is 0 Å². The Balaban J connectivity index is 2.11. The van der Waals surface area contributed by atoms with Gasteiger partial charge in [0.1, 0.15) is 6.17 Å². The molecule has 0 heterocycles. The highest BCUT2D eigenvalue weighted by atomic mass is 19.1. The zero-order valence-electron chi connectivity index (χ0n) is 6.35. The van der Waals surface area contributed by atoms with Gasteiger partial charge >= 0.3 is 0 Å². The number of rotatable bonds is 3. The van der Waals surface area contributed by atoms with Gasteiger partial charge < -0.3 is 5.73 Å². The molecule has 0 amide bonds. The minimum atomic E-state index is -0.747. The molecule has 1 nitrogen and oxygen atoms in total. The summed E-state index contributed by atoms with van der Waals surface area (Å²) in [6.45, 7) is 0.205. The predicted molar refractivity (Wildman–Crippen MR) is 40.5 cm³/mol. The number of alkyl halides is 1. The van der Waals surface area contributed by atoms with Gasteiger partial charge in [-0.3, -0.25) is 0 Å². The van der Waals surface area contributed by atoms with E-state index in [0.717, 1.165) is 0 Å². The van der Waals surface area contributed by atoms with Gasteiger partial charge in [0.2, 0.25) is 0 Å². The van der Waals surface area contributed by atoms with Crippen LogP contribution in [0, 0.1) is 5.92 Å². The molecule has 10 heavy (non-hydrogen) atoms. The van der Waals surface area contributed by atoms with E-state index in [1.165, 1.54) is 25.7 Å². The van der Waals surface area contributed by atoms with Crippen molar-refractivity contribution in [1.29, 1.82) is 0 Å². The first-order chi connectivity index (χ1) is 4.83. The fraction of sp³-hybridized carbons (Fsp3) is 1.00. The third-order valence-corrected chi connectivity index (χ3v) is 2.32. The molecular formula is C8H16FN. The molecule has 2 N–H and O–H groups in total. The molecule has 60 valence electrons. The average molecular weight is 145 g/mol. The highest BCUT2D eigenvalue weighted by Crippen LogP contribution is 2.28. The first-order valence-electron chi connectivity index (χ1n) is 4.17. The van der Waals surface area contributed by atoms with Crippen molar-refractivity contribution in [1.82, 2.24) is 0 Å². The minimum absolute atomic E-state index is 0.205. The van der Waals surface area contributed by atoms with Gasteiger partial charge in [0.05, 0.1) is 0 Å². The zero-order chi connectivity index (χ0) is 7.40. The summed E-state index contributed by atoms with van der Waals surface area (Å²) in [5.41, 5.74) is 5.18. The lowest BCUT2D eigenvalue weighted by Crippen LogP contribution is -2.17. The SMILES string of the molecule is NCC(F)CC1CCCC1. The molecule has 0 aromatic carbocycles. The number of nitrogens with two attached hydrogens (primary N) is 1. The van der Waals surface area contributed by atoms with Gasteiger partial charge in [0.15, 0.2) is 0 Å². The minimum Gasteiger partial charge on any atom is -0.328 e. The first kappa shape index (κ1) is 7.99. The Bertz CT molecular complexity index is 89.3. The maximum atomic E-state index is 12.7. The van der Waals surface area contributed by atoms with E-state index in [1.807, 2.05) is 0 Å². The quantitative estimate of drug-likeness (QED) is 0.644. The first-order valence-corrected chi connectivity index (χ1v) is 4.17. The van der Waals surface area contributed by atoms with Gasteiger partial charge in [-0.05, 0) is 12.3 Å². The van der Waals surface area contributed by atoms with Crippen molar-refractivity contribution in [3.8, 4) is 0 Å². The maximum absolute atomic E-state index is 12.7. The van der Waals surface area contributed by atoms with E-state index in [9.17, 15) is 4.39 Å². The molecule has 0 aromatic heterocycles. The van der Waals surface area contributed by atoms with Crippen LogP contribution in [0.5, 0.6) is 0 Å². The Morgan fingerprint density at radius 1 is 1.40 bits per heavy atom. The van der Waals surface area contributed by atoms with Crippen molar-refractivity contribution >= 4 is 0 Å². The molecule has 1 saturated carbocycles. The Morgan fingerprint density at radius 2 is 2.00 bits per heavy atom. The molecule has 0 aliphatic heterocycles. The van der Waals surface area contributed by atoms with Crippen molar-refractivity contribution in [2.45, 2.75) is 38.3 Å². The number of hydrogen-bond donors (Lipinski definition) is 1. The van der Waals surface area contributed by atoms with Crippen LogP contribution in [0.3, 0.4) is 0 Å². The molecule has 0 aromatic rings. The smallest absolute Gasteiger partial charge is 0.113 e. The number of halogens is 1. The predicted octanol–water partition coefficient (Wildman–Crippen LogP) is 1.86. The summed E-state index contributed by atoms with van der Waals surface area (Å²) in [5, 5.41) is 0. The molecule has 1 aliphatic carbocycles. The lowest BCUT2D eigenvalue weighted by molar-refractivity contribution is 0.276. The molecule has 0 saturated heterocycles. The average Bonchev–Trinajstić information content (AvgIpc) is 2.40. The lowest BCUT2D eigenvalue weighted by atomic mass is 10.0. The van der Waals surface area contributed by atoms with Crippen LogP contribution in [-0.2, 0) is 0 Å². The third-order valence-electron chi connectivity index (χ3n) is 2.32. The van der Waals surface area contributed by atoms with Gasteiger partial charge in [-0.2, -0.15) is 0 Å². The molecule has 1 rings (SSSR count). The maximum Gasteiger partial charge on any atom is 0.113 e. The van der Waals surface area contributed by atoms with Crippen LogP contribution in [0.25, 0.3) is 0 Å². The normalized spacial score (nSPS) is 23.4. The largest absolute Gasteiger partial charge is 0.328 e.